The largest absolute Gasteiger partial charge is 0.450 e. The van der Waals surface area contributed by atoms with Crippen molar-refractivity contribution >= 4 is 49.3 Å². The molecule has 0 N–H and O–H groups in total. The summed E-state index contributed by atoms with van der Waals surface area (Å²) in [6.07, 6.45) is 0. The number of aryl methyl sites for hydroxylation is 1. The Morgan fingerprint density at radius 2 is 2.00 bits per heavy atom. The first-order chi connectivity index (χ1) is 14.0. The van der Waals surface area contributed by atoms with E-state index in [0.717, 1.165) is 5.69 Å². The van der Waals surface area contributed by atoms with Gasteiger partial charge in [0, 0.05) is 15.4 Å². The second-order valence-electron chi connectivity index (χ2n) is 6.69. The van der Waals surface area contributed by atoms with Crippen molar-refractivity contribution in [1.82, 2.24) is 4.98 Å². The monoisotopic (exact) mass is 470 g/mol. The molecule has 1 aliphatic heterocycles. The second-order valence-corrected chi connectivity index (χ2v) is 8.44. The lowest BCUT2D eigenvalue weighted by Gasteiger charge is -2.22. The number of amides is 1. The van der Waals surface area contributed by atoms with Crippen molar-refractivity contribution in [2.24, 2.45) is 0 Å². The highest BCUT2D eigenvalue weighted by Crippen LogP contribution is 2.42. The highest BCUT2D eigenvalue weighted by atomic mass is 79.9. The smallest absolute Gasteiger partial charge is 0.297 e. The van der Waals surface area contributed by atoms with Crippen LogP contribution in [0.5, 0.6) is 0 Å². The van der Waals surface area contributed by atoms with Gasteiger partial charge in [0.05, 0.1) is 16.6 Å². The van der Waals surface area contributed by atoms with Gasteiger partial charge in [-0.1, -0.05) is 34.1 Å². The molecular formula is C21H12BrFN2O3S. The summed E-state index contributed by atoms with van der Waals surface area (Å²) in [6.45, 7) is 1.81. The second kappa shape index (κ2) is 6.60. The molecule has 2 aromatic carbocycles. The maximum Gasteiger partial charge on any atom is 0.297 e. The minimum absolute atomic E-state index is 0.0778. The van der Waals surface area contributed by atoms with E-state index in [1.165, 1.54) is 22.3 Å². The zero-order valence-electron chi connectivity index (χ0n) is 15.0. The van der Waals surface area contributed by atoms with Crippen LogP contribution in [0.4, 0.5) is 9.52 Å². The molecule has 0 spiro atoms. The fourth-order valence-corrected chi connectivity index (χ4v) is 4.77. The summed E-state index contributed by atoms with van der Waals surface area (Å²) in [5.74, 6) is -1.10. The first kappa shape index (κ1) is 18.2. The minimum atomic E-state index is -0.955. The van der Waals surface area contributed by atoms with Crippen molar-refractivity contribution in [3.8, 4) is 0 Å². The van der Waals surface area contributed by atoms with E-state index in [1.54, 1.807) is 48.7 Å². The van der Waals surface area contributed by atoms with Crippen LogP contribution in [0.25, 0.3) is 11.0 Å². The maximum absolute atomic E-state index is 14.8. The average Bonchev–Trinajstić information content (AvgIpc) is 3.24. The lowest BCUT2D eigenvalue weighted by molar-refractivity contribution is 0.0970. The molecule has 0 radical (unpaired) electrons. The molecule has 0 bridgehead atoms. The first-order valence-electron chi connectivity index (χ1n) is 8.72. The van der Waals surface area contributed by atoms with Gasteiger partial charge in [-0.3, -0.25) is 14.5 Å². The number of nitrogens with zero attached hydrogens (tertiary/aromatic N) is 2. The van der Waals surface area contributed by atoms with Crippen molar-refractivity contribution in [1.29, 1.82) is 0 Å². The van der Waals surface area contributed by atoms with E-state index >= 15 is 0 Å². The molecule has 3 heterocycles. The predicted octanol–water partition coefficient (Wildman–Crippen LogP) is 5.21. The van der Waals surface area contributed by atoms with Crippen LogP contribution < -0.4 is 10.3 Å². The Morgan fingerprint density at radius 3 is 2.72 bits per heavy atom. The van der Waals surface area contributed by atoms with Gasteiger partial charge in [-0.2, -0.15) is 0 Å². The third-order valence-corrected chi connectivity index (χ3v) is 6.30. The number of aromatic nitrogens is 1. The van der Waals surface area contributed by atoms with Gasteiger partial charge in [-0.05, 0) is 31.2 Å². The Bertz CT molecular complexity index is 1360. The van der Waals surface area contributed by atoms with Crippen LogP contribution in [-0.4, -0.2) is 10.9 Å². The van der Waals surface area contributed by atoms with Crippen LogP contribution in [0.1, 0.15) is 33.4 Å². The van der Waals surface area contributed by atoms with Crippen LogP contribution in [0, 0.1) is 12.7 Å². The number of halogens is 2. The van der Waals surface area contributed by atoms with Crippen LogP contribution in [0.3, 0.4) is 0 Å². The van der Waals surface area contributed by atoms with Crippen molar-refractivity contribution in [3.63, 3.8) is 0 Å². The summed E-state index contributed by atoms with van der Waals surface area (Å²) in [4.78, 5) is 32.4. The molecule has 1 atom stereocenters. The number of hydrogen-bond acceptors (Lipinski definition) is 5. The topological polar surface area (TPSA) is 63.4 Å². The first-order valence-corrected chi connectivity index (χ1v) is 10.4. The van der Waals surface area contributed by atoms with Gasteiger partial charge in [0.1, 0.15) is 17.4 Å². The number of thiazole rings is 1. The van der Waals surface area contributed by atoms with Crippen molar-refractivity contribution < 1.29 is 13.6 Å². The number of carbonyl (C=O) groups excluding carboxylic acids is 1. The summed E-state index contributed by atoms with van der Waals surface area (Å²) in [6, 6.07) is 10.2. The predicted molar refractivity (Wildman–Crippen MR) is 112 cm³/mol. The van der Waals surface area contributed by atoms with Crippen LogP contribution in [0.2, 0.25) is 0 Å². The lowest BCUT2D eigenvalue weighted by Crippen LogP contribution is -2.30. The van der Waals surface area contributed by atoms with Gasteiger partial charge in [0.2, 0.25) is 5.76 Å². The van der Waals surface area contributed by atoms with Gasteiger partial charge in [0.25, 0.3) is 5.91 Å². The number of fused-ring (bicyclic) bond motifs is 2. The number of carbonyl (C=O) groups is 1. The zero-order chi connectivity index (χ0) is 20.3. The minimum Gasteiger partial charge on any atom is -0.450 e. The molecule has 0 saturated carbocycles. The molecule has 5 nitrogen and oxygen atoms in total. The zero-order valence-corrected chi connectivity index (χ0v) is 17.4. The van der Waals surface area contributed by atoms with E-state index in [1.807, 2.05) is 0 Å². The molecule has 0 unspecified atom stereocenters. The SMILES string of the molecule is Cc1csc(N2C(=O)c3oc4ccc(Br)cc4c(=O)c3[C@@H]2c2ccccc2F)n1. The Kier molecular flexibility index (Phi) is 4.15. The third-order valence-electron chi connectivity index (χ3n) is 4.84. The van der Waals surface area contributed by atoms with Gasteiger partial charge in [-0.15, -0.1) is 11.3 Å². The summed E-state index contributed by atoms with van der Waals surface area (Å²) in [5, 5.41) is 2.51. The van der Waals surface area contributed by atoms with Crippen LogP contribution in [-0.2, 0) is 0 Å². The molecule has 4 aromatic rings. The highest BCUT2D eigenvalue weighted by Gasteiger charge is 2.45. The van der Waals surface area contributed by atoms with E-state index in [0.29, 0.717) is 20.6 Å². The van der Waals surface area contributed by atoms with Crippen molar-refractivity contribution in [2.75, 3.05) is 4.90 Å². The number of rotatable bonds is 2. The van der Waals surface area contributed by atoms with Gasteiger partial charge >= 0.3 is 0 Å². The van der Waals surface area contributed by atoms with E-state index < -0.39 is 17.8 Å². The fraction of sp³-hybridized carbons (Fsp3) is 0.0952. The van der Waals surface area contributed by atoms with E-state index in [2.05, 4.69) is 20.9 Å². The Balaban J connectivity index is 1.86. The molecule has 0 aliphatic carbocycles. The standard InChI is InChI=1S/C21H12BrFN2O3S/c1-10-9-29-21(24-10)25-17(12-4-2-3-5-14(12)23)16-18(26)13-8-11(22)6-7-15(13)28-19(16)20(25)27/h2-9,17H,1H3/t17-/m0/s1. The van der Waals surface area contributed by atoms with Crippen LogP contribution in [0.15, 0.2) is 61.5 Å². The molecule has 1 amide bonds. The summed E-state index contributed by atoms with van der Waals surface area (Å²) in [7, 11) is 0. The molecule has 1 aliphatic rings. The molecular weight excluding hydrogens is 459 g/mol. The number of benzene rings is 2. The van der Waals surface area contributed by atoms with Crippen molar-refractivity contribution in [3.05, 3.63) is 90.9 Å². The van der Waals surface area contributed by atoms with E-state index in [4.69, 9.17) is 4.42 Å². The lowest BCUT2D eigenvalue weighted by atomic mass is 9.98. The van der Waals surface area contributed by atoms with Gasteiger partial charge in [0.15, 0.2) is 10.6 Å². The average molecular weight is 471 g/mol. The summed E-state index contributed by atoms with van der Waals surface area (Å²) < 4.78 is 21.3. The Hall–Kier alpha value is -2.84. The Labute approximate surface area is 176 Å². The quantitative estimate of drug-likeness (QED) is 0.403. The highest BCUT2D eigenvalue weighted by molar-refractivity contribution is 9.10. The Morgan fingerprint density at radius 1 is 1.21 bits per heavy atom. The van der Waals surface area contributed by atoms with Crippen LogP contribution >= 0.6 is 27.3 Å². The van der Waals surface area contributed by atoms with E-state index in [-0.39, 0.29) is 22.3 Å². The number of hydrogen-bond donors (Lipinski definition) is 0. The normalized spacial score (nSPS) is 15.9. The van der Waals surface area contributed by atoms with Gasteiger partial charge in [-0.25, -0.2) is 9.37 Å². The molecule has 144 valence electrons. The summed E-state index contributed by atoms with van der Waals surface area (Å²) >= 11 is 4.61. The van der Waals surface area contributed by atoms with Gasteiger partial charge < -0.3 is 4.42 Å². The number of anilines is 1. The maximum atomic E-state index is 14.8. The fourth-order valence-electron chi connectivity index (χ4n) is 3.59. The summed E-state index contributed by atoms with van der Waals surface area (Å²) in [5.41, 5.74) is 1.01. The molecule has 0 fully saturated rings. The molecule has 2 aromatic heterocycles. The van der Waals surface area contributed by atoms with Crippen molar-refractivity contribution in [2.45, 2.75) is 13.0 Å². The molecule has 5 rings (SSSR count). The third kappa shape index (κ3) is 2.74. The molecule has 29 heavy (non-hydrogen) atoms. The van der Waals surface area contributed by atoms with E-state index in [9.17, 15) is 14.0 Å². The molecule has 8 heteroatoms. The molecule has 0 saturated heterocycles.